The molecule has 1 N–H and O–H groups in total. The van der Waals surface area contributed by atoms with Gasteiger partial charge in [-0.3, -0.25) is 4.79 Å². The molecule has 0 fully saturated rings. The number of hydrogen-bond acceptors (Lipinski definition) is 3. The van der Waals surface area contributed by atoms with Gasteiger partial charge in [-0.1, -0.05) is 18.2 Å². The molecule has 1 aliphatic rings. The lowest BCUT2D eigenvalue weighted by molar-refractivity contribution is -0.121. The normalized spacial score (nSPS) is 15.1. The topological polar surface area (TPSA) is 42.0 Å². The fourth-order valence-corrected chi connectivity index (χ4v) is 4.22. The first-order valence-electron chi connectivity index (χ1n) is 8.37. The van der Waals surface area contributed by atoms with Crippen molar-refractivity contribution in [2.75, 3.05) is 0 Å². The molecule has 23 heavy (non-hydrogen) atoms. The van der Waals surface area contributed by atoms with Crippen LogP contribution in [0, 0.1) is 13.8 Å². The number of rotatable bonds is 4. The van der Waals surface area contributed by atoms with E-state index in [0.717, 1.165) is 15.6 Å². The summed E-state index contributed by atoms with van der Waals surface area (Å²) in [4.78, 5) is 17.8. The highest BCUT2D eigenvalue weighted by Crippen LogP contribution is 2.25. The van der Waals surface area contributed by atoms with Gasteiger partial charge >= 0.3 is 0 Å². The first-order chi connectivity index (χ1) is 11.0. The molecule has 0 bridgehead atoms. The van der Waals surface area contributed by atoms with Gasteiger partial charge in [-0.2, -0.15) is 0 Å². The molecule has 0 saturated carbocycles. The number of benzene rings is 1. The second-order valence-electron chi connectivity index (χ2n) is 6.44. The zero-order valence-corrected chi connectivity index (χ0v) is 14.9. The summed E-state index contributed by atoms with van der Waals surface area (Å²) in [6.07, 6.45) is 5.36. The molecule has 1 aliphatic carbocycles. The van der Waals surface area contributed by atoms with Crippen molar-refractivity contribution in [2.45, 2.75) is 58.9 Å². The molecule has 1 atom stereocenters. The Morgan fingerprint density at radius 2 is 2.00 bits per heavy atom. The molecule has 2 aromatic rings. The van der Waals surface area contributed by atoms with Crippen molar-refractivity contribution in [3.8, 4) is 0 Å². The Bertz CT molecular complexity index is 720. The lowest BCUT2D eigenvalue weighted by atomic mass is 9.89. The SMILES string of the molecule is Cc1nc(C)c(CC(=O)N[C@H](C)c2ccc3c(c2)CCCC3)s1. The van der Waals surface area contributed by atoms with Crippen LogP contribution in [0.25, 0.3) is 0 Å². The van der Waals surface area contributed by atoms with Crippen LogP contribution in [0.1, 0.15) is 58.1 Å². The smallest absolute Gasteiger partial charge is 0.225 e. The molecule has 1 heterocycles. The second-order valence-corrected chi connectivity index (χ2v) is 7.73. The number of aromatic nitrogens is 1. The minimum Gasteiger partial charge on any atom is -0.349 e. The summed E-state index contributed by atoms with van der Waals surface area (Å²) in [5, 5.41) is 4.15. The van der Waals surface area contributed by atoms with Gasteiger partial charge in [-0.05, 0) is 63.1 Å². The summed E-state index contributed by atoms with van der Waals surface area (Å²) in [6.45, 7) is 6.01. The minimum absolute atomic E-state index is 0.0454. The Morgan fingerprint density at radius 1 is 1.26 bits per heavy atom. The van der Waals surface area contributed by atoms with E-state index in [1.54, 1.807) is 11.3 Å². The Hall–Kier alpha value is -1.68. The van der Waals surface area contributed by atoms with Gasteiger partial charge in [0.25, 0.3) is 0 Å². The molecule has 3 rings (SSSR count). The molecule has 0 unspecified atom stereocenters. The van der Waals surface area contributed by atoms with Crippen LogP contribution in [0.2, 0.25) is 0 Å². The average Bonchev–Trinajstić information content (AvgIpc) is 2.84. The standard InChI is InChI=1S/C19H24N2OS/c1-12(16-9-8-15-6-4-5-7-17(15)10-16)21-19(22)11-18-13(2)20-14(3)23-18/h8-10,12H,4-7,11H2,1-3H3,(H,21,22)/t12-/m1/s1. The summed E-state index contributed by atoms with van der Waals surface area (Å²) >= 11 is 1.61. The number of carbonyl (C=O) groups is 1. The third-order valence-electron chi connectivity index (χ3n) is 4.57. The zero-order valence-electron chi connectivity index (χ0n) is 14.1. The number of hydrogen-bond donors (Lipinski definition) is 1. The van der Waals surface area contributed by atoms with Crippen LogP contribution in [0.5, 0.6) is 0 Å². The number of nitrogens with zero attached hydrogens (tertiary/aromatic N) is 1. The van der Waals surface area contributed by atoms with Gasteiger partial charge in [0.05, 0.1) is 23.2 Å². The second kappa shape index (κ2) is 6.83. The molecule has 0 radical (unpaired) electrons. The molecule has 0 aliphatic heterocycles. The number of aryl methyl sites for hydroxylation is 4. The third-order valence-corrected chi connectivity index (χ3v) is 5.64. The van der Waals surface area contributed by atoms with E-state index in [4.69, 9.17) is 0 Å². The lowest BCUT2D eigenvalue weighted by Crippen LogP contribution is -2.28. The lowest BCUT2D eigenvalue weighted by Gasteiger charge is -2.20. The van der Waals surface area contributed by atoms with Crippen LogP contribution in [-0.2, 0) is 24.1 Å². The number of amides is 1. The molecular formula is C19H24N2OS. The van der Waals surface area contributed by atoms with Gasteiger partial charge in [0.15, 0.2) is 0 Å². The maximum atomic E-state index is 12.3. The van der Waals surface area contributed by atoms with Gasteiger partial charge in [-0.25, -0.2) is 4.98 Å². The maximum absolute atomic E-state index is 12.3. The summed E-state index contributed by atoms with van der Waals surface area (Å²) in [6, 6.07) is 6.73. The van der Waals surface area contributed by atoms with Crippen molar-refractivity contribution in [2.24, 2.45) is 0 Å². The van der Waals surface area contributed by atoms with E-state index in [-0.39, 0.29) is 11.9 Å². The van der Waals surface area contributed by atoms with Crippen LogP contribution < -0.4 is 5.32 Å². The van der Waals surface area contributed by atoms with Crippen LogP contribution in [0.3, 0.4) is 0 Å². The van der Waals surface area contributed by atoms with E-state index < -0.39 is 0 Å². The number of carbonyl (C=O) groups excluding carboxylic acids is 1. The van der Waals surface area contributed by atoms with Crippen molar-refractivity contribution in [1.82, 2.24) is 10.3 Å². The molecule has 1 aromatic heterocycles. The highest BCUT2D eigenvalue weighted by atomic mass is 32.1. The molecule has 0 spiro atoms. The van der Waals surface area contributed by atoms with E-state index in [9.17, 15) is 4.79 Å². The first kappa shape index (κ1) is 16.2. The Balaban J connectivity index is 1.65. The number of fused-ring (bicyclic) bond motifs is 1. The molecular weight excluding hydrogens is 304 g/mol. The quantitative estimate of drug-likeness (QED) is 0.919. The van der Waals surface area contributed by atoms with E-state index in [2.05, 4.69) is 35.4 Å². The highest BCUT2D eigenvalue weighted by Gasteiger charge is 2.15. The molecule has 0 saturated heterocycles. The number of thiazole rings is 1. The summed E-state index contributed by atoms with van der Waals surface area (Å²) in [5.41, 5.74) is 5.12. The summed E-state index contributed by atoms with van der Waals surface area (Å²) < 4.78 is 0. The predicted octanol–water partition coefficient (Wildman–Crippen LogP) is 4.06. The fraction of sp³-hybridized carbons (Fsp3) is 0.474. The van der Waals surface area contributed by atoms with E-state index in [1.165, 1.54) is 42.4 Å². The van der Waals surface area contributed by atoms with E-state index in [0.29, 0.717) is 6.42 Å². The van der Waals surface area contributed by atoms with Crippen molar-refractivity contribution in [3.05, 3.63) is 50.5 Å². The monoisotopic (exact) mass is 328 g/mol. The van der Waals surface area contributed by atoms with Crippen molar-refractivity contribution in [3.63, 3.8) is 0 Å². The first-order valence-corrected chi connectivity index (χ1v) is 9.18. The molecule has 3 nitrogen and oxygen atoms in total. The summed E-state index contributed by atoms with van der Waals surface area (Å²) in [5.74, 6) is 0.0713. The van der Waals surface area contributed by atoms with Crippen molar-refractivity contribution >= 4 is 17.2 Å². The number of nitrogens with one attached hydrogen (secondary N) is 1. The van der Waals surface area contributed by atoms with Crippen LogP contribution in [0.4, 0.5) is 0 Å². The molecule has 1 aromatic carbocycles. The Morgan fingerprint density at radius 3 is 2.70 bits per heavy atom. The van der Waals surface area contributed by atoms with Gasteiger partial charge < -0.3 is 5.32 Å². The van der Waals surface area contributed by atoms with E-state index in [1.807, 2.05) is 13.8 Å². The Kier molecular flexibility index (Phi) is 4.81. The van der Waals surface area contributed by atoms with Crippen molar-refractivity contribution in [1.29, 1.82) is 0 Å². The predicted molar refractivity (Wildman–Crippen MR) is 94.9 cm³/mol. The zero-order chi connectivity index (χ0) is 16.4. The van der Waals surface area contributed by atoms with Crippen LogP contribution >= 0.6 is 11.3 Å². The summed E-state index contributed by atoms with van der Waals surface area (Å²) in [7, 11) is 0. The molecule has 4 heteroatoms. The van der Waals surface area contributed by atoms with Gasteiger partial charge in [-0.15, -0.1) is 11.3 Å². The van der Waals surface area contributed by atoms with Crippen LogP contribution in [-0.4, -0.2) is 10.9 Å². The van der Waals surface area contributed by atoms with Crippen molar-refractivity contribution < 1.29 is 4.79 Å². The van der Waals surface area contributed by atoms with Gasteiger partial charge in [0.2, 0.25) is 5.91 Å². The highest BCUT2D eigenvalue weighted by molar-refractivity contribution is 7.11. The largest absolute Gasteiger partial charge is 0.349 e. The van der Waals surface area contributed by atoms with Gasteiger partial charge in [0.1, 0.15) is 0 Å². The van der Waals surface area contributed by atoms with Gasteiger partial charge in [0, 0.05) is 4.88 Å². The fourth-order valence-electron chi connectivity index (χ4n) is 3.28. The minimum atomic E-state index is 0.0454. The molecule has 1 amide bonds. The van der Waals surface area contributed by atoms with E-state index >= 15 is 0 Å². The van der Waals surface area contributed by atoms with Crippen LogP contribution in [0.15, 0.2) is 18.2 Å². The molecule has 122 valence electrons. The maximum Gasteiger partial charge on any atom is 0.225 e. The Labute approximate surface area is 142 Å². The third kappa shape index (κ3) is 3.81. The average molecular weight is 328 g/mol.